The van der Waals surface area contributed by atoms with Crippen LogP contribution in [0.3, 0.4) is 0 Å². The molecule has 2 aromatic heterocycles. The van der Waals surface area contributed by atoms with Crippen LogP contribution in [-0.2, 0) is 13.0 Å². The van der Waals surface area contributed by atoms with Crippen molar-refractivity contribution in [3.05, 3.63) is 71.0 Å². The van der Waals surface area contributed by atoms with Crippen molar-refractivity contribution in [1.82, 2.24) is 20.2 Å². The Labute approximate surface area is 155 Å². The molecular formula is C20H16ClN5. The molecule has 3 heterocycles. The summed E-state index contributed by atoms with van der Waals surface area (Å²) in [7, 11) is 0. The van der Waals surface area contributed by atoms with Gasteiger partial charge in [0, 0.05) is 41.4 Å². The normalized spacial score (nSPS) is 13.8. The number of nitrogens with zero attached hydrogens (tertiary/aromatic N) is 4. The molecule has 128 valence electrons. The fourth-order valence-electron chi connectivity index (χ4n) is 3.46. The highest BCUT2D eigenvalue weighted by Gasteiger charge is 2.24. The fraction of sp³-hybridized carbons (Fsp3) is 0.150. The lowest BCUT2D eigenvalue weighted by Gasteiger charge is -2.28. The van der Waals surface area contributed by atoms with Gasteiger partial charge in [-0.25, -0.2) is 4.98 Å². The summed E-state index contributed by atoms with van der Waals surface area (Å²) < 4.78 is 0. The molecule has 4 aromatic rings. The topological polar surface area (TPSA) is 57.7 Å². The van der Waals surface area contributed by atoms with Crippen molar-refractivity contribution in [2.45, 2.75) is 13.0 Å². The number of hydrogen-bond acceptors (Lipinski definition) is 4. The number of benzene rings is 2. The third kappa shape index (κ3) is 2.61. The van der Waals surface area contributed by atoms with Crippen LogP contribution in [0.5, 0.6) is 0 Å². The number of para-hydroxylation sites is 2. The second-order valence-corrected chi connectivity index (χ2v) is 6.86. The molecule has 0 unspecified atom stereocenters. The van der Waals surface area contributed by atoms with Crippen LogP contribution in [0.2, 0.25) is 5.02 Å². The molecule has 0 aliphatic carbocycles. The van der Waals surface area contributed by atoms with Gasteiger partial charge in [0.2, 0.25) is 0 Å². The molecule has 6 heteroatoms. The Morgan fingerprint density at radius 3 is 2.81 bits per heavy atom. The summed E-state index contributed by atoms with van der Waals surface area (Å²) in [6, 6.07) is 15.8. The van der Waals surface area contributed by atoms with Gasteiger partial charge in [-0.3, -0.25) is 10.1 Å². The monoisotopic (exact) mass is 361 g/mol. The summed E-state index contributed by atoms with van der Waals surface area (Å²) in [5.41, 5.74) is 6.20. The number of aromatic amines is 1. The summed E-state index contributed by atoms with van der Waals surface area (Å²) >= 11 is 6.16. The molecule has 1 N–H and O–H groups in total. The van der Waals surface area contributed by atoms with Crippen LogP contribution in [0.1, 0.15) is 11.3 Å². The number of nitrogens with one attached hydrogen (secondary N) is 1. The van der Waals surface area contributed by atoms with Gasteiger partial charge in [0.15, 0.2) is 0 Å². The SMILES string of the molecule is Clc1cccc(-c2n[nH]c3c2CN(c2cnc4ccccc4n2)CC3)c1. The first-order chi connectivity index (χ1) is 12.8. The molecule has 0 radical (unpaired) electrons. The van der Waals surface area contributed by atoms with Gasteiger partial charge in [-0.15, -0.1) is 0 Å². The summed E-state index contributed by atoms with van der Waals surface area (Å²) in [5.74, 6) is 0.896. The lowest BCUT2D eigenvalue weighted by Crippen LogP contribution is -2.31. The van der Waals surface area contributed by atoms with E-state index < -0.39 is 0 Å². The molecule has 1 aliphatic rings. The minimum Gasteiger partial charge on any atom is -0.350 e. The number of rotatable bonds is 2. The average molecular weight is 362 g/mol. The van der Waals surface area contributed by atoms with E-state index in [1.54, 1.807) is 0 Å². The zero-order valence-corrected chi connectivity index (χ0v) is 14.7. The maximum absolute atomic E-state index is 6.16. The molecule has 5 nitrogen and oxygen atoms in total. The van der Waals surface area contributed by atoms with Crippen LogP contribution in [0.4, 0.5) is 5.82 Å². The number of H-pyrrole nitrogens is 1. The van der Waals surface area contributed by atoms with Gasteiger partial charge in [-0.1, -0.05) is 35.9 Å². The largest absolute Gasteiger partial charge is 0.350 e. The molecule has 0 bridgehead atoms. The second-order valence-electron chi connectivity index (χ2n) is 6.43. The summed E-state index contributed by atoms with van der Waals surface area (Å²) in [5, 5.41) is 8.45. The Hall–Kier alpha value is -2.92. The van der Waals surface area contributed by atoms with Crippen molar-refractivity contribution in [3.63, 3.8) is 0 Å². The zero-order valence-electron chi connectivity index (χ0n) is 14.0. The van der Waals surface area contributed by atoms with E-state index in [2.05, 4.69) is 20.1 Å². The van der Waals surface area contributed by atoms with Crippen molar-refractivity contribution in [2.24, 2.45) is 0 Å². The highest BCUT2D eigenvalue weighted by Crippen LogP contribution is 2.31. The average Bonchev–Trinajstić information content (AvgIpc) is 3.11. The van der Waals surface area contributed by atoms with E-state index in [1.165, 1.54) is 11.3 Å². The van der Waals surface area contributed by atoms with E-state index in [-0.39, 0.29) is 0 Å². The molecular weight excluding hydrogens is 346 g/mol. The standard InChI is InChI=1S/C20H16ClN5/c21-14-5-3-4-13(10-14)20-15-12-26(9-8-16(15)24-25-20)19-11-22-17-6-1-2-7-18(17)23-19/h1-7,10-11H,8-9,12H2,(H,24,25). The first-order valence-electron chi connectivity index (χ1n) is 8.57. The molecule has 2 aromatic carbocycles. The summed E-state index contributed by atoms with van der Waals surface area (Å²) in [6.45, 7) is 1.64. The van der Waals surface area contributed by atoms with Gasteiger partial charge in [0.05, 0.1) is 22.9 Å². The number of anilines is 1. The van der Waals surface area contributed by atoms with Gasteiger partial charge in [0.25, 0.3) is 0 Å². The molecule has 0 fully saturated rings. The van der Waals surface area contributed by atoms with Crippen molar-refractivity contribution < 1.29 is 0 Å². The van der Waals surface area contributed by atoms with Crippen LogP contribution >= 0.6 is 11.6 Å². The molecule has 0 saturated heterocycles. The fourth-order valence-corrected chi connectivity index (χ4v) is 3.66. The molecule has 5 rings (SSSR count). The summed E-state index contributed by atoms with van der Waals surface area (Å²) in [6.07, 6.45) is 2.75. The van der Waals surface area contributed by atoms with Gasteiger partial charge in [-0.05, 0) is 24.3 Å². The molecule has 0 atom stereocenters. The lowest BCUT2D eigenvalue weighted by atomic mass is 10.0. The van der Waals surface area contributed by atoms with Crippen LogP contribution in [0.25, 0.3) is 22.3 Å². The van der Waals surface area contributed by atoms with Crippen molar-refractivity contribution in [1.29, 1.82) is 0 Å². The molecule has 0 amide bonds. The van der Waals surface area contributed by atoms with E-state index in [0.29, 0.717) is 5.02 Å². The molecule has 26 heavy (non-hydrogen) atoms. The zero-order chi connectivity index (χ0) is 17.5. The van der Waals surface area contributed by atoms with Crippen LogP contribution in [-0.4, -0.2) is 26.7 Å². The van der Waals surface area contributed by atoms with E-state index in [4.69, 9.17) is 16.6 Å². The van der Waals surface area contributed by atoms with E-state index in [9.17, 15) is 0 Å². The second kappa shape index (κ2) is 6.11. The first kappa shape index (κ1) is 15.3. The Bertz CT molecular complexity index is 1100. The van der Waals surface area contributed by atoms with E-state index >= 15 is 0 Å². The molecule has 1 aliphatic heterocycles. The van der Waals surface area contributed by atoms with Crippen LogP contribution < -0.4 is 4.90 Å². The number of hydrogen-bond donors (Lipinski definition) is 1. The third-order valence-corrected chi connectivity index (χ3v) is 5.03. The minimum atomic E-state index is 0.715. The van der Waals surface area contributed by atoms with Gasteiger partial charge in [-0.2, -0.15) is 5.10 Å². The predicted octanol–water partition coefficient (Wildman–Crippen LogP) is 4.24. The quantitative estimate of drug-likeness (QED) is 0.580. The first-order valence-corrected chi connectivity index (χ1v) is 8.94. The van der Waals surface area contributed by atoms with Crippen molar-refractivity contribution in [3.8, 4) is 11.3 Å². The van der Waals surface area contributed by atoms with Gasteiger partial charge >= 0.3 is 0 Å². The van der Waals surface area contributed by atoms with Crippen molar-refractivity contribution >= 4 is 28.5 Å². The maximum Gasteiger partial charge on any atom is 0.148 e. The minimum absolute atomic E-state index is 0.715. The van der Waals surface area contributed by atoms with E-state index in [1.807, 2.05) is 54.7 Å². The van der Waals surface area contributed by atoms with Gasteiger partial charge < -0.3 is 4.90 Å². The molecule has 0 saturated carbocycles. The molecule has 0 spiro atoms. The smallest absolute Gasteiger partial charge is 0.148 e. The Morgan fingerprint density at radius 1 is 1.04 bits per heavy atom. The predicted molar refractivity (Wildman–Crippen MR) is 103 cm³/mol. The van der Waals surface area contributed by atoms with Crippen molar-refractivity contribution in [2.75, 3.05) is 11.4 Å². The summed E-state index contributed by atoms with van der Waals surface area (Å²) in [4.78, 5) is 11.6. The number of fused-ring (bicyclic) bond motifs is 2. The number of aromatic nitrogens is 4. The van der Waals surface area contributed by atoms with Gasteiger partial charge in [0.1, 0.15) is 5.82 Å². The van der Waals surface area contributed by atoms with Crippen LogP contribution in [0.15, 0.2) is 54.7 Å². The number of halogens is 1. The Morgan fingerprint density at radius 2 is 1.92 bits per heavy atom. The maximum atomic E-state index is 6.16. The lowest BCUT2D eigenvalue weighted by molar-refractivity contribution is 0.711. The third-order valence-electron chi connectivity index (χ3n) is 4.79. The highest BCUT2D eigenvalue weighted by atomic mass is 35.5. The Kier molecular flexibility index (Phi) is 3.60. The van der Waals surface area contributed by atoms with Crippen LogP contribution in [0, 0.1) is 0 Å². The highest BCUT2D eigenvalue weighted by molar-refractivity contribution is 6.30. The Balaban J connectivity index is 1.52. The van der Waals surface area contributed by atoms with E-state index in [0.717, 1.165) is 47.6 Å².